The van der Waals surface area contributed by atoms with Gasteiger partial charge in [0.25, 0.3) is 5.56 Å². The summed E-state index contributed by atoms with van der Waals surface area (Å²) in [4.78, 5) is 36.7. The zero-order chi connectivity index (χ0) is 15.0. The minimum atomic E-state index is -0.980. The molecule has 7 nitrogen and oxygen atoms in total. The van der Waals surface area contributed by atoms with Gasteiger partial charge < -0.3 is 14.4 Å². The van der Waals surface area contributed by atoms with Crippen molar-refractivity contribution in [2.75, 3.05) is 12.4 Å². The van der Waals surface area contributed by atoms with Crippen LogP contribution < -0.4 is 5.56 Å². The van der Waals surface area contributed by atoms with Crippen LogP contribution in [0.1, 0.15) is 19.8 Å². The van der Waals surface area contributed by atoms with Gasteiger partial charge >= 0.3 is 11.9 Å². The van der Waals surface area contributed by atoms with Gasteiger partial charge in [-0.25, -0.2) is 0 Å². The predicted octanol–water partition coefficient (Wildman–Crippen LogP) is 0.763. The third-order valence-corrected chi connectivity index (χ3v) is 3.23. The average Bonchev–Trinajstić information content (AvgIpc) is 2.38. The first kappa shape index (κ1) is 16.2. The van der Waals surface area contributed by atoms with E-state index in [1.54, 1.807) is 17.7 Å². The Morgan fingerprint density at radius 2 is 2.25 bits per heavy atom. The van der Waals surface area contributed by atoms with Crippen molar-refractivity contribution < 1.29 is 19.4 Å². The lowest BCUT2D eigenvalue weighted by atomic mass is 10.3. The van der Waals surface area contributed by atoms with Crippen molar-refractivity contribution in [1.82, 2.24) is 9.55 Å². The normalized spacial score (nSPS) is 10.2. The molecule has 0 saturated heterocycles. The van der Waals surface area contributed by atoms with Crippen LogP contribution in [0.15, 0.2) is 22.2 Å². The lowest BCUT2D eigenvalue weighted by molar-refractivity contribution is -0.143. The van der Waals surface area contributed by atoms with Gasteiger partial charge in [0.15, 0.2) is 5.16 Å². The van der Waals surface area contributed by atoms with Crippen molar-refractivity contribution in [3.05, 3.63) is 22.6 Å². The van der Waals surface area contributed by atoms with Crippen LogP contribution in [0.3, 0.4) is 0 Å². The molecule has 0 atom stereocenters. The van der Waals surface area contributed by atoms with Crippen molar-refractivity contribution in [3.63, 3.8) is 0 Å². The number of carboxylic acids is 1. The summed E-state index contributed by atoms with van der Waals surface area (Å²) >= 11 is 0.975. The highest BCUT2D eigenvalue weighted by Gasteiger charge is 2.08. The second-order valence-electron chi connectivity index (χ2n) is 3.83. The van der Waals surface area contributed by atoms with E-state index in [1.807, 2.05) is 0 Å². The molecular formula is C12H16N2O5S. The first-order valence-corrected chi connectivity index (χ1v) is 7.09. The molecule has 0 saturated carbocycles. The van der Waals surface area contributed by atoms with E-state index in [1.165, 1.54) is 6.07 Å². The van der Waals surface area contributed by atoms with Crippen LogP contribution in [-0.2, 0) is 20.9 Å². The highest BCUT2D eigenvalue weighted by atomic mass is 32.2. The molecule has 0 aliphatic heterocycles. The molecule has 0 spiro atoms. The molecule has 0 fully saturated rings. The van der Waals surface area contributed by atoms with Crippen LogP contribution in [-0.4, -0.2) is 39.0 Å². The summed E-state index contributed by atoms with van der Waals surface area (Å²) in [6.45, 7) is 2.55. The minimum absolute atomic E-state index is 0.172. The number of hydrogen-bond donors (Lipinski definition) is 1. The molecule has 0 amide bonds. The van der Waals surface area contributed by atoms with Gasteiger partial charge in [0.05, 0.1) is 12.4 Å². The maximum Gasteiger partial charge on any atom is 0.313 e. The molecule has 1 aromatic heterocycles. The van der Waals surface area contributed by atoms with E-state index in [-0.39, 0.29) is 18.1 Å². The van der Waals surface area contributed by atoms with E-state index in [0.29, 0.717) is 24.7 Å². The van der Waals surface area contributed by atoms with Crippen LogP contribution in [0.4, 0.5) is 0 Å². The van der Waals surface area contributed by atoms with Gasteiger partial charge in [-0.1, -0.05) is 11.8 Å². The number of hydrogen-bond acceptors (Lipinski definition) is 6. The summed E-state index contributed by atoms with van der Waals surface area (Å²) in [5.41, 5.74) is -0.417. The number of rotatable bonds is 8. The van der Waals surface area contributed by atoms with Crippen molar-refractivity contribution in [3.8, 4) is 0 Å². The third kappa shape index (κ3) is 5.87. The van der Waals surface area contributed by atoms with Crippen molar-refractivity contribution in [2.45, 2.75) is 31.5 Å². The Morgan fingerprint density at radius 1 is 1.50 bits per heavy atom. The Balaban J connectivity index is 2.61. The van der Waals surface area contributed by atoms with Gasteiger partial charge in [0.1, 0.15) is 0 Å². The van der Waals surface area contributed by atoms with Gasteiger partial charge in [-0.05, 0) is 13.3 Å². The first-order valence-electron chi connectivity index (χ1n) is 6.10. The zero-order valence-electron chi connectivity index (χ0n) is 11.1. The molecule has 0 aliphatic carbocycles. The number of carbonyl (C=O) groups is 2. The SMILES string of the molecule is CCOC(=O)CCCn1ccc(=O)nc1SCC(=O)O. The highest BCUT2D eigenvalue weighted by molar-refractivity contribution is 7.99. The standard InChI is InChI=1S/C12H16N2O5S/c1-2-19-11(18)4-3-6-14-7-5-9(15)13-12(14)20-8-10(16)17/h5,7H,2-4,6,8H2,1H3,(H,16,17). The summed E-state index contributed by atoms with van der Waals surface area (Å²) < 4.78 is 6.47. The Labute approximate surface area is 120 Å². The summed E-state index contributed by atoms with van der Waals surface area (Å²) in [6, 6.07) is 1.30. The molecule has 0 unspecified atom stereocenters. The summed E-state index contributed by atoms with van der Waals surface area (Å²) in [6.07, 6.45) is 2.34. The molecule has 0 aromatic carbocycles. The second kappa shape index (κ2) is 8.36. The van der Waals surface area contributed by atoms with E-state index >= 15 is 0 Å². The number of aliphatic carboxylic acids is 1. The average molecular weight is 300 g/mol. The summed E-state index contributed by atoms with van der Waals surface area (Å²) in [5.74, 6) is -1.43. The third-order valence-electron chi connectivity index (χ3n) is 2.26. The minimum Gasteiger partial charge on any atom is -0.481 e. The van der Waals surface area contributed by atoms with Crippen LogP contribution in [0.5, 0.6) is 0 Å². The predicted molar refractivity (Wildman–Crippen MR) is 72.7 cm³/mol. The number of thioether (sulfide) groups is 1. The maximum atomic E-state index is 11.2. The Bertz CT molecular complexity index is 529. The smallest absolute Gasteiger partial charge is 0.313 e. The largest absolute Gasteiger partial charge is 0.481 e. The Kier molecular flexibility index (Phi) is 6.78. The van der Waals surface area contributed by atoms with E-state index in [0.717, 1.165) is 11.8 Å². The fourth-order valence-electron chi connectivity index (χ4n) is 1.45. The van der Waals surface area contributed by atoms with Gasteiger partial charge in [-0.3, -0.25) is 14.4 Å². The number of esters is 1. The molecular weight excluding hydrogens is 284 g/mol. The first-order chi connectivity index (χ1) is 9.52. The lowest BCUT2D eigenvalue weighted by Gasteiger charge is -2.10. The number of carbonyl (C=O) groups excluding carboxylic acids is 1. The molecule has 8 heteroatoms. The van der Waals surface area contributed by atoms with Crippen LogP contribution in [0.2, 0.25) is 0 Å². The van der Waals surface area contributed by atoms with Crippen molar-refractivity contribution >= 4 is 23.7 Å². The van der Waals surface area contributed by atoms with Crippen LogP contribution >= 0.6 is 11.8 Å². The highest BCUT2D eigenvalue weighted by Crippen LogP contribution is 2.14. The lowest BCUT2D eigenvalue weighted by Crippen LogP contribution is -2.15. The van der Waals surface area contributed by atoms with Crippen LogP contribution in [0.25, 0.3) is 0 Å². The molecule has 1 N–H and O–H groups in total. The molecule has 0 bridgehead atoms. The van der Waals surface area contributed by atoms with E-state index < -0.39 is 11.5 Å². The molecule has 1 heterocycles. The maximum absolute atomic E-state index is 11.2. The fraction of sp³-hybridized carbons (Fsp3) is 0.500. The number of ether oxygens (including phenoxy) is 1. The number of aryl methyl sites for hydroxylation is 1. The molecule has 20 heavy (non-hydrogen) atoms. The number of aromatic nitrogens is 2. The van der Waals surface area contributed by atoms with E-state index in [2.05, 4.69) is 4.98 Å². The van der Waals surface area contributed by atoms with E-state index in [9.17, 15) is 14.4 Å². The monoisotopic (exact) mass is 300 g/mol. The Morgan fingerprint density at radius 3 is 2.90 bits per heavy atom. The molecule has 0 radical (unpaired) electrons. The van der Waals surface area contributed by atoms with Crippen LogP contribution in [0, 0.1) is 0 Å². The molecule has 110 valence electrons. The molecule has 0 aliphatic rings. The fourth-order valence-corrected chi connectivity index (χ4v) is 2.18. The van der Waals surface area contributed by atoms with Gasteiger partial charge in [0, 0.05) is 25.2 Å². The van der Waals surface area contributed by atoms with E-state index in [4.69, 9.17) is 9.84 Å². The van der Waals surface area contributed by atoms with Gasteiger partial charge in [0.2, 0.25) is 0 Å². The number of nitrogens with zero attached hydrogens (tertiary/aromatic N) is 2. The van der Waals surface area contributed by atoms with Crippen molar-refractivity contribution in [1.29, 1.82) is 0 Å². The summed E-state index contributed by atoms with van der Waals surface area (Å²) in [7, 11) is 0. The second-order valence-corrected chi connectivity index (χ2v) is 4.78. The zero-order valence-corrected chi connectivity index (χ0v) is 11.9. The summed E-state index contributed by atoms with van der Waals surface area (Å²) in [5, 5.41) is 8.98. The van der Waals surface area contributed by atoms with Gasteiger partial charge in [-0.2, -0.15) is 4.98 Å². The topological polar surface area (TPSA) is 98.5 Å². The quantitative estimate of drug-likeness (QED) is 0.430. The Hall–Kier alpha value is -1.83. The number of carboxylic acid groups (broad SMARTS) is 1. The van der Waals surface area contributed by atoms with Crippen molar-refractivity contribution in [2.24, 2.45) is 0 Å². The van der Waals surface area contributed by atoms with Gasteiger partial charge in [-0.15, -0.1) is 0 Å². The molecule has 1 aromatic rings. The molecule has 1 rings (SSSR count).